The fraction of sp³-hybridized carbons (Fsp3) is 0.0769. The van der Waals surface area contributed by atoms with Crippen LogP contribution in [0.4, 0.5) is 4.39 Å². The van der Waals surface area contributed by atoms with Gasteiger partial charge in [0.05, 0.1) is 28.9 Å². The highest BCUT2D eigenvalue weighted by atomic mass is 35.5. The van der Waals surface area contributed by atoms with Crippen LogP contribution in [0.2, 0.25) is 10.0 Å². The molecule has 0 aromatic heterocycles. The highest BCUT2D eigenvalue weighted by molar-refractivity contribution is 6.37. The second-order valence-corrected chi connectivity index (χ2v) is 8.15. The molecule has 0 saturated heterocycles. The lowest BCUT2D eigenvalue weighted by Gasteiger charge is -2.11. The molecule has 0 saturated carbocycles. The van der Waals surface area contributed by atoms with Crippen molar-refractivity contribution in [3.05, 3.63) is 105 Å². The molecule has 0 heterocycles. The Kier molecular flexibility index (Phi) is 7.30. The standard InChI is InChI=1S/C26H19Cl2FN2O3/c1-33-24-13-19-7-3-2-6-18(19)12-21(24)26(32)31-30-14-17-10-22(27)25(23(28)11-17)34-15-16-5-4-8-20(29)9-16/h2-14H,15H2,1H3,(H,31,32)/b30-14-. The number of methoxy groups -OCH3 is 1. The van der Waals surface area contributed by atoms with Crippen LogP contribution >= 0.6 is 23.2 Å². The quantitative estimate of drug-likeness (QED) is 0.230. The Morgan fingerprint density at radius 1 is 1.00 bits per heavy atom. The van der Waals surface area contributed by atoms with Gasteiger partial charge in [-0.15, -0.1) is 0 Å². The summed E-state index contributed by atoms with van der Waals surface area (Å²) in [7, 11) is 1.51. The molecular formula is C26H19Cl2FN2O3. The molecule has 4 aromatic carbocycles. The fourth-order valence-electron chi connectivity index (χ4n) is 3.37. The first-order chi connectivity index (χ1) is 16.4. The maximum absolute atomic E-state index is 13.3. The largest absolute Gasteiger partial charge is 0.496 e. The molecule has 0 unspecified atom stereocenters. The number of amides is 1. The topological polar surface area (TPSA) is 59.9 Å². The normalized spacial score (nSPS) is 11.1. The van der Waals surface area contributed by atoms with E-state index in [-0.39, 0.29) is 28.2 Å². The van der Waals surface area contributed by atoms with Crippen LogP contribution in [0.5, 0.6) is 11.5 Å². The maximum atomic E-state index is 13.3. The number of nitrogens with one attached hydrogen (secondary N) is 1. The summed E-state index contributed by atoms with van der Waals surface area (Å²) in [6.07, 6.45) is 1.42. The summed E-state index contributed by atoms with van der Waals surface area (Å²) in [5, 5.41) is 6.39. The monoisotopic (exact) mass is 496 g/mol. The smallest absolute Gasteiger partial charge is 0.275 e. The van der Waals surface area contributed by atoms with Gasteiger partial charge in [0, 0.05) is 0 Å². The van der Waals surface area contributed by atoms with Gasteiger partial charge < -0.3 is 9.47 Å². The summed E-state index contributed by atoms with van der Waals surface area (Å²) in [6, 6.07) is 20.5. The molecule has 1 amide bonds. The van der Waals surface area contributed by atoms with Gasteiger partial charge in [0.1, 0.15) is 18.2 Å². The summed E-state index contributed by atoms with van der Waals surface area (Å²) in [4.78, 5) is 12.7. The predicted molar refractivity (Wildman–Crippen MR) is 133 cm³/mol. The number of halogens is 3. The van der Waals surface area contributed by atoms with Crippen molar-refractivity contribution in [1.29, 1.82) is 0 Å². The Labute approximate surface area is 205 Å². The van der Waals surface area contributed by atoms with Gasteiger partial charge in [-0.05, 0) is 58.3 Å². The number of nitrogens with zero attached hydrogens (tertiary/aromatic N) is 1. The van der Waals surface area contributed by atoms with Crippen molar-refractivity contribution in [1.82, 2.24) is 5.43 Å². The van der Waals surface area contributed by atoms with Crippen LogP contribution in [-0.2, 0) is 6.61 Å². The predicted octanol–water partition coefficient (Wildman–Crippen LogP) is 6.64. The van der Waals surface area contributed by atoms with Crippen LogP contribution in [0.25, 0.3) is 10.8 Å². The average Bonchev–Trinajstić information content (AvgIpc) is 2.82. The van der Waals surface area contributed by atoms with Crippen molar-refractivity contribution in [3.8, 4) is 11.5 Å². The lowest BCUT2D eigenvalue weighted by molar-refractivity contribution is 0.0952. The van der Waals surface area contributed by atoms with Gasteiger partial charge in [-0.3, -0.25) is 4.79 Å². The average molecular weight is 497 g/mol. The minimum Gasteiger partial charge on any atom is -0.496 e. The van der Waals surface area contributed by atoms with E-state index in [2.05, 4.69) is 10.5 Å². The third-order valence-electron chi connectivity index (χ3n) is 4.98. The molecule has 1 N–H and O–H groups in total. The number of carbonyl (C=O) groups is 1. The molecule has 0 aliphatic carbocycles. The third kappa shape index (κ3) is 5.47. The molecule has 5 nitrogen and oxygen atoms in total. The van der Waals surface area contributed by atoms with E-state index in [1.807, 2.05) is 24.3 Å². The lowest BCUT2D eigenvalue weighted by Crippen LogP contribution is -2.18. The Balaban J connectivity index is 1.45. The number of rotatable bonds is 7. The van der Waals surface area contributed by atoms with Crippen molar-refractivity contribution < 1.29 is 18.7 Å². The van der Waals surface area contributed by atoms with Crippen LogP contribution in [-0.4, -0.2) is 19.2 Å². The van der Waals surface area contributed by atoms with E-state index in [4.69, 9.17) is 32.7 Å². The number of benzene rings is 4. The first-order valence-electron chi connectivity index (χ1n) is 10.2. The Hall–Kier alpha value is -3.61. The fourth-order valence-corrected chi connectivity index (χ4v) is 3.98. The lowest BCUT2D eigenvalue weighted by atomic mass is 10.1. The summed E-state index contributed by atoms with van der Waals surface area (Å²) in [5.41, 5.74) is 4.04. The second kappa shape index (κ2) is 10.5. The van der Waals surface area contributed by atoms with Crippen LogP contribution in [0, 0.1) is 5.82 Å². The molecule has 0 spiro atoms. The van der Waals surface area contributed by atoms with Gasteiger partial charge in [-0.2, -0.15) is 5.10 Å². The molecular weight excluding hydrogens is 478 g/mol. The van der Waals surface area contributed by atoms with Crippen molar-refractivity contribution in [2.75, 3.05) is 7.11 Å². The van der Waals surface area contributed by atoms with Gasteiger partial charge in [-0.1, -0.05) is 59.6 Å². The zero-order chi connectivity index (χ0) is 24.1. The molecule has 0 aliphatic rings. The second-order valence-electron chi connectivity index (χ2n) is 7.33. The number of fused-ring (bicyclic) bond motifs is 1. The molecule has 34 heavy (non-hydrogen) atoms. The van der Waals surface area contributed by atoms with Gasteiger partial charge in [-0.25, -0.2) is 9.82 Å². The number of hydrogen-bond acceptors (Lipinski definition) is 4. The molecule has 0 bridgehead atoms. The van der Waals surface area contributed by atoms with Crippen molar-refractivity contribution in [3.63, 3.8) is 0 Å². The van der Waals surface area contributed by atoms with E-state index in [0.29, 0.717) is 22.4 Å². The van der Waals surface area contributed by atoms with Crippen molar-refractivity contribution in [2.24, 2.45) is 5.10 Å². The molecule has 0 atom stereocenters. The van der Waals surface area contributed by atoms with E-state index in [1.165, 1.54) is 25.5 Å². The molecule has 0 radical (unpaired) electrons. The Morgan fingerprint density at radius 3 is 2.38 bits per heavy atom. The summed E-state index contributed by atoms with van der Waals surface area (Å²) < 4.78 is 24.4. The zero-order valence-electron chi connectivity index (χ0n) is 18.0. The molecule has 4 rings (SSSR count). The van der Waals surface area contributed by atoms with Crippen molar-refractivity contribution in [2.45, 2.75) is 6.61 Å². The van der Waals surface area contributed by atoms with E-state index in [0.717, 1.165) is 10.8 Å². The number of hydrogen-bond donors (Lipinski definition) is 1. The first-order valence-corrected chi connectivity index (χ1v) is 11.0. The molecule has 8 heteroatoms. The van der Waals surface area contributed by atoms with Crippen LogP contribution in [0.1, 0.15) is 21.5 Å². The van der Waals surface area contributed by atoms with Gasteiger partial charge >= 0.3 is 0 Å². The summed E-state index contributed by atoms with van der Waals surface area (Å²) in [5.74, 6) is -0.0636. The van der Waals surface area contributed by atoms with E-state index < -0.39 is 5.91 Å². The molecule has 0 aliphatic heterocycles. The SMILES string of the molecule is COc1cc2ccccc2cc1C(=O)N/N=C\c1cc(Cl)c(OCc2cccc(F)c2)c(Cl)c1. The van der Waals surface area contributed by atoms with Crippen LogP contribution in [0.3, 0.4) is 0 Å². The van der Waals surface area contributed by atoms with E-state index in [1.54, 1.807) is 36.4 Å². The summed E-state index contributed by atoms with van der Waals surface area (Å²) in [6.45, 7) is 0.105. The van der Waals surface area contributed by atoms with Crippen LogP contribution < -0.4 is 14.9 Å². The summed E-state index contributed by atoms with van der Waals surface area (Å²) >= 11 is 12.6. The molecule has 4 aromatic rings. The minimum atomic E-state index is -0.425. The molecule has 172 valence electrons. The highest BCUT2D eigenvalue weighted by Crippen LogP contribution is 2.34. The van der Waals surface area contributed by atoms with Gasteiger partial charge in [0.2, 0.25) is 0 Å². The highest BCUT2D eigenvalue weighted by Gasteiger charge is 2.14. The minimum absolute atomic E-state index is 0.105. The number of carbonyl (C=O) groups excluding carboxylic acids is 1. The van der Waals surface area contributed by atoms with Crippen LogP contribution in [0.15, 0.2) is 77.9 Å². The van der Waals surface area contributed by atoms with Gasteiger partial charge in [0.25, 0.3) is 5.91 Å². The van der Waals surface area contributed by atoms with Gasteiger partial charge in [0.15, 0.2) is 5.75 Å². The number of ether oxygens (including phenoxy) is 2. The van der Waals surface area contributed by atoms with E-state index in [9.17, 15) is 9.18 Å². The zero-order valence-corrected chi connectivity index (χ0v) is 19.5. The van der Waals surface area contributed by atoms with E-state index >= 15 is 0 Å². The van der Waals surface area contributed by atoms with Crippen molar-refractivity contribution >= 4 is 46.1 Å². The molecule has 0 fully saturated rings. The number of hydrazone groups is 1. The Bertz CT molecular complexity index is 1370. The third-order valence-corrected chi connectivity index (χ3v) is 5.55. The maximum Gasteiger partial charge on any atom is 0.275 e. The Morgan fingerprint density at radius 2 is 1.71 bits per heavy atom. The first kappa shape index (κ1) is 23.5.